The highest BCUT2D eigenvalue weighted by molar-refractivity contribution is 7.99. The molecule has 0 spiro atoms. The third kappa shape index (κ3) is 5.69. The first kappa shape index (κ1) is 20.1. The van der Waals surface area contributed by atoms with Crippen molar-refractivity contribution in [3.8, 4) is 0 Å². The summed E-state index contributed by atoms with van der Waals surface area (Å²) in [6.07, 6.45) is 2.38. The van der Waals surface area contributed by atoms with Crippen molar-refractivity contribution in [2.75, 3.05) is 29.9 Å². The van der Waals surface area contributed by atoms with Crippen LogP contribution in [-0.2, 0) is 9.53 Å². The summed E-state index contributed by atoms with van der Waals surface area (Å²) in [6.45, 7) is 1.66. The zero-order valence-corrected chi connectivity index (χ0v) is 15.9. The van der Waals surface area contributed by atoms with Crippen LogP contribution in [0, 0.1) is 0 Å². The number of amides is 1. The number of rotatable bonds is 7. The first-order chi connectivity index (χ1) is 13.5. The molecule has 8 heteroatoms. The molecule has 2 aromatic rings. The lowest BCUT2D eigenvalue weighted by molar-refractivity contribution is -0.119. The highest BCUT2D eigenvalue weighted by Gasteiger charge is 2.13. The van der Waals surface area contributed by atoms with Crippen molar-refractivity contribution in [2.24, 2.45) is 0 Å². The third-order valence-corrected chi connectivity index (χ3v) is 4.99. The van der Waals surface area contributed by atoms with Gasteiger partial charge in [0.2, 0.25) is 0 Å². The minimum atomic E-state index is -2.52. The van der Waals surface area contributed by atoms with Crippen LogP contribution >= 0.6 is 11.8 Å². The number of thioether (sulfide) groups is 1. The van der Waals surface area contributed by atoms with E-state index in [0.29, 0.717) is 22.3 Å². The molecule has 28 heavy (non-hydrogen) atoms. The van der Waals surface area contributed by atoms with Gasteiger partial charge in [0, 0.05) is 29.4 Å². The minimum absolute atomic E-state index is 0.196. The van der Waals surface area contributed by atoms with Gasteiger partial charge < -0.3 is 15.0 Å². The van der Waals surface area contributed by atoms with Crippen LogP contribution in [0.25, 0.3) is 0 Å². The topological polar surface area (TPSA) is 58.6 Å². The van der Waals surface area contributed by atoms with E-state index in [2.05, 4.69) is 10.2 Å². The molecular weight excluding hydrogens is 386 g/mol. The van der Waals surface area contributed by atoms with Gasteiger partial charge in [-0.2, -0.15) is 8.78 Å². The minimum Gasteiger partial charge on any atom is -0.452 e. The van der Waals surface area contributed by atoms with Crippen molar-refractivity contribution in [3.63, 3.8) is 0 Å². The van der Waals surface area contributed by atoms with E-state index in [9.17, 15) is 18.4 Å². The predicted molar refractivity (Wildman–Crippen MR) is 105 cm³/mol. The van der Waals surface area contributed by atoms with Gasteiger partial charge in [-0.25, -0.2) is 4.79 Å². The number of carbonyl (C=O) groups excluding carboxylic acids is 2. The van der Waals surface area contributed by atoms with Crippen molar-refractivity contribution in [2.45, 2.75) is 23.5 Å². The number of carbonyl (C=O) groups is 2. The van der Waals surface area contributed by atoms with E-state index in [0.717, 1.165) is 18.8 Å². The lowest BCUT2D eigenvalue weighted by atomic mass is 10.2. The summed E-state index contributed by atoms with van der Waals surface area (Å²) in [6, 6.07) is 13.1. The van der Waals surface area contributed by atoms with E-state index in [1.807, 2.05) is 24.3 Å². The van der Waals surface area contributed by atoms with Gasteiger partial charge in [-0.05, 0) is 61.4 Å². The molecule has 5 nitrogen and oxygen atoms in total. The molecule has 0 bridgehead atoms. The Bertz CT molecular complexity index is 807. The molecule has 148 valence electrons. The Morgan fingerprint density at radius 2 is 1.68 bits per heavy atom. The van der Waals surface area contributed by atoms with Crippen LogP contribution in [-0.4, -0.2) is 37.3 Å². The van der Waals surface area contributed by atoms with E-state index >= 15 is 0 Å². The Morgan fingerprint density at radius 3 is 2.29 bits per heavy atom. The molecule has 0 radical (unpaired) electrons. The van der Waals surface area contributed by atoms with Gasteiger partial charge in [0.1, 0.15) is 0 Å². The number of esters is 1. The molecule has 1 aliphatic rings. The number of ether oxygens (including phenoxy) is 1. The second kappa shape index (κ2) is 9.54. The number of hydrogen-bond donors (Lipinski definition) is 1. The highest BCUT2D eigenvalue weighted by atomic mass is 32.2. The average Bonchev–Trinajstić information content (AvgIpc) is 3.21. The van der Waals surface area contributed by atoms with Crippen molar-refractivity contribution >= 4 is 35.0 Å². The summed E-state index contributed by atoms with van der Waals surface area (Å²) in [4.78, 5) is 26.6. The molecule has 3 rings (SSSR count). The van der Waals surface area contributed by atoms with E-state index in [1.54, 1.807) is 0 Å². The molecule has 1 N–H and O–H groups in total. The fraction of sp³-hybridized carbons (Fsp3) is 0.300. The highest BCUT2D eigenvalue weighted by Crippen LogP contribution is 2.25. The maximum Gasteiger partial charge on any atom is 0.338 e. The fourth-order valence-corrected chi connectivity index (χ4v) is 3.41. The first-order valence-electron chi connectivity index (χ1n) is 8.88. The Morgan fingerprint density at radius 1 is 1.04 bits per heavy atom. The third-order valence-electron chi connectivity index (χ3n) is 4.27. The van der Waals surface area contributed by atoms with Crippen molar-refractivity contribution in [1.29, 1.82) is 0 Å². The first-order valence-corrected chi connectivity index (χ1v) is 9.76. The van der Waals surface area contributed by atoms with Crippen LogP contribution in [0.1, 0.15) is 23.2 Å². The van der Waals surface area contributed by atoms with Crippen LogP contribution in [0.4, 0.5) is 20.2 Å². The summed E-state index contributed by atoms with van der Waals surface area (Å²) in [5, 5.41) is 2.68. The van der Waals surface area contributed by atoms with Gasteiger partial charge in [0.05, 0.1) is 5.56 Å². The quantitative estimate of drug-likeness (QED) is 0.546. The van der Waals surface area contributed by atoms with E-state index in [1.165, 1.54) is 37.1 Å². The Balaban J connectivity index is 1.46. The normalized spacial score (nSPS) is 13.6. The van der Waals surface area contributed by atoms with Crippen LogP contribution in [0.2, 0.25) is 0 Å². The molecule has 1 heterocycles. The van der Waals surface area contributed by atoms with Crippen molar-refractivity contribution < 1.29 is 23.1 Å². The van der Waals surface area contributed by atoms with E-state index in [-0.39, 0.29) is 5.56 Å². The Kier molecular flexibility index (Phi) is 6.86. The molecule has 1 saturated heterocycles. The molecule has 1 fully saturated rings. The smallest absolute Gasteiger partial charge is 0.338 e. The number of nitrogens with zero attached hydrogens (tertiary/aromatic N) is 1. The Hall–Kier alpha value is -2.61. The van der Waals surface area contributed by atoms with Gasteiger partial charge in [0.15, 0.2) is 6.61 Å². The molecule has 0 aromatic heterocycles. The van der Waals surface area contributed by atoms with Gasteiger partial charge in [-0.3, -0.25) is 4.79 Å². The number of hydrogen-bond acceptors (Lipinski definition) is 5. The average molecular weight is 406 g/mol. The molecular formula is C20H20F2N2O3S. The monoisotopic (exact) mass is 406 g/mol. The number of benzene rings is 2. The summed E-state index contributed by atoms with van der Waals surface area (Å²) in [5.74, 6) is -3.66. The maximum atomic E-state index is 12.3. The van der Waals surface area contributed by atoms with E-state index < -0.39 is 24.2 Å². The number of nitrogens with one attached hydrogen (secondary N) is 1. The maximum absolute atomic E-state index is 12.3. The SMILES string of the molecule is O=C(COC(=O)c1ccc(SC(F)F)cc1)Nc1ccc(N2CCCC2)cc1. The fourth-order valence-electron chi connectivity index (χ4n) is 2.91. The summed E-state index contributed by atoms with van der Waals surface area (Å²) >= 11 is 0.395. The lowest BCUT2D eigenvalue weighted by Crippen LogP contribution is -2.21. The van der Waals surface area contributed by atoms with Gasteiger partial charge >= 0.3 is 5.97 Å². The predicted octanol–water partition coefficient (Wildman–Crippen LogP) is 4.40. The number of halogens is 2. The molecule has 1 amide bonds. The molecule has 0 unspecified atom stereocenters. The molecule has 1 aliphatic heterocycles. The zero-order chi connectivity index (χ0) is 19.9. The van der Waals surface area contributed by atoms with Crippen LogP contribution in [0.3, 0.4) is 0 Å². The second-order valence-electron chi connectivity index (χ2n) is 6.27. The summed E-state index contributed by atoms with van der Waals surface area (Å²) in [7, 11) is 0. The van der Waals surface area contributed by atoms with Gasteiger partial charge in [-0.1, -0.05) is 11.8 Å². The summed E-state index contributed by atoms with van der Waals surface area (Å²) < 4.78 is 29.6. The van der Waals surface area contributed by atoms with Crippen LogP contribution in [0.5, 0.6) is 0 Å². The van der Waals surface area contributed by atoms with E-state index in [4.69, 9.17) is 4.74 Å². The zero-order valence-electron chi connectivity index (χ0n) is 15.1. The largest absolute Gasteiger partial charge is 0.452 e. The molecule has 0 atom stereocenters. The number of anilines is 2. The van der Waals surface area contributed by atoms with Crippen molar-refractivity contribution in [3.05, 3.63) is 54.1 Å². The molecule has 2 aromatic carbocycles. The summed E-state index contributed by atoms with van der Waals surface area (Å²) in [5.41, 5.74) is 1.94. The van der Waals surface area contributed by atoms with Crippen molar-refractivity contribution in [1.82, 2.24) is 0 Å². The second-order valence-corrected chi connectivity index (χ2v) is 7.33. The number of alkyl halides is 2. The lowest BCUT2D eigenvalue weighted by Gasteiger charge is -2.17. The van der Waals surface area contributed by atoms with Crippen LogP contribution < -0.4 is 10.2 Å². The van der Waals surface area contributed by atoms with Gasteiger partial charge in [-0.15, -0.1) is 0 Å². The van der Waals surface area contributed by atoms with Crippen LogP contribution in [0.15, 0.2) is 53.4 Å². The van der Waals surface area contributed by atoms with Gasteiger partial charge in [0.25, 0.3) is 11.7 Å². The molecule has 0 aliphatic carbocycles. The standard InChI is InChI=1S/C20H20F2N2O3S/c21-20(22)28-17-9-3-14(4-10-17)19(26)27-13-18(25)23-15-5-7-16(8-6-15)24-11-1-2-12-24/h3-10,20H,1-2,11-13H2,(H,23,25). The Labute approximate surface area is 166 Å². The molecule has 0 saturated carbocycles.